The fraction of sp³-hybridized carbons (Fsp3) is 0.611. The lowest BCUT2D eigenvalue weighted by atomic mass is 10.1. The number of nitrogens with one attached hydrogen (secondary N) is 1. The number of nitrogen functional groups attached to an aromatic ring is 1. The molecule has 0 saturated carbocycles. The molecule has 0 bridgehead atoms. The second-order valence-electron chi connectivity index (χ2n) is 6.16. The number of hydrogen-bond donors (Lipinski definition) is 2. The van der Waals surface area contributed by atoms with E-state index in [9.17, 15) is 4.79 Å². The summed E-state index contributed by atoms with van der Waals surface area (Å²) >= 11 is 0. The first kappa shape index (κ1) is 16.8. The van der Waals surface area contributed by atoms with Crippen LogP contribution in [0.3, 0.4) is 0 Å². The molecule has 1 fully saturated rings. The number of unbranched alkanes of at least 4 members (excludes halogenated alkanes) is 3. The van der Waals surface area contributed by atoms with E-state index in [-0.39, 0.29) is 5.91 Å². The van der Waals surface area contributed by atoms with Gasteiger partial charge in [0.25, 0.3) is 5.91 Å². The predicted octanol–water partition coefficient (Wildman–Crippen LogP) is 3.04. The summed E-state index contributed by atoms with van der Waals surface area (Å²) in [6.45, 7) is 4.55. The molecular formula is C18H29N3O. The molecule has 122 valence electrons. The van der Waals surface area contributed by atoms with Crippen LogP contribution in [0.4, 0.5) is 5.69 Å². The van der Waals surface area contributed by atoms with Crippen molar-refractivity contribution in [3.8, 4) is 0 Å². The second-order valence-corrected chi connectivity index (χ2v) is 6.16. The van der Waals surface area contributed by atoms with Crippen molar-refractivity contribution >= 4 is 11.6 Å². The highest BCUT2D eigenvalue weighted by molar-refractivity contribution is 5.98. The van der Waals surface area contributed by atoms with Gasteiger partial charge < -0.3 is 16.0 Å². The normalized spacial score (nSPS) is 15.6. The Hall–Kier alpha value is -1.55. The zero-order valence-electron chi connectivity index (χ0n) is 13.5. The van der Waals surface area contributed by atoms with Crippen molar-refractivity contribution < 1.29 is 4.79 Å². The molecule has 1 aromatic carbocycles. The Balaban J connectivity index is 1.50. The topological polar surface area (TPSA) is 58.4 Å². The number of nitrogens with zero attached hydrogens (tertiary/aromatic N) is 1. The van der Waals surface area contributed by atoms with Crippen molar-refractivity contribution in [2.24, 2.45) is 0 Å². The number of carbonyl (C=O) groups is 1. The number of carbonyl (C=O) groups excluding carboxylic acids is 1. The number of hydrogen-bond acceptors (Lipinski definition) is 3. The van der Waals surface area contributed by atoms with Crippen LogP contribution in [-0.2, 0) is 0 Å². The number of piperidine rings is 1. The maximum atomic E-state index is 12.0. The standard InChI is InChI=1S/C18H29N3O/c19-17-11-5-4-10-16(17)18(22)20-12-6-1-2-7-13-21-14-8-3-9-15-21/h4-5,10-11H,1-3,6-9,12-15,19H2,(H,20,22). The summed E-state index contributed by atoms with van der Waals surface area (Å²) in [5, 5.41) is 2.95. The molecule has 4 heteroatoms. The molecule has 0 radical (unpaired) electrons. The van der Waals surface area contributed by atoms with Crippen molar-refractivity contribution in [1.29, 1.82) is 0 Å². The average Bonchev–Trinajstić information content (AvgIpc) is 2.55. The molecule has 0 spiro atoms. The van der Waals surface area contributed by atoms with Crippen LogP contribution in [0.15, 0.2) is 24.3 Å². The highest BCUT2D eigenvalue weighted by Crippen LogP contribution is 2.11. The molecule has 0 aromatic heterocycles. The fourth-order valence-corrected chi connectivity index (χ4v) is 3.00. The summed E-state index contributed by atoms with van der Waals surface area (Å²) in [7, 11) is 0. The number of anilines is 1. The predicted molar refractivity (Wildman–Crippen MR) is 91.9 cm³/mol. The first-order chi connectivity index (χ1) is 10.8. The lowest BCUT2D eigenvalue weighted by Crippen LogP contribution is -2.30. The van der Waals surface area contributed by atoms with E-state index in [0.29, 0.717) is 11.3 Å². The van der Waals surface area contributed by atoms with Crippen LogP contribution in [0.2, 0.25) is 0 Å². The third-order valence-corrected chi connectivity index (χ3v) is 4.34. The van der Waals surface area contributed by atoms with Crippen molar-refractivity contribution in [2.75, 3.05) is 31.9 Å². The summed E-state index contributed by atoms with van der Waals surface area (Å²) in [4.78, 5) is 14.5. The van der Waals surface area contributed by atoms with Crippen molar-refractivity contribution in [3.05, 3.63) is 29.8 Å². The molecule has 22 heavy (non-hydrogen) atoms. The molecule has 1 aliphatic rings. The number of likely N-dealkylation sites (tertiary alicyclic amines) is 1. The van der Waals surface area contributed by atoms with E-state index in [2.05, 4.69) is 10.2 Å². The molecule has 1 heterocycles. The highest BCUT2D eigenvalue weighted by Gasteiger charge is 2.09. The van der Waals surface area contributed by atoms with Crippen molar-refractivity contribution in [2.45, 2.75) is 44.9 Å². The fourth-order valence-electron chi connectivity index (χ4n) is 3.00. The lowest BCUT2D eigenvalue weighted by molar-refractivity contribution is 0.0954. The van der Waals surface area contributed by atoms with Gasteiger partial charge in [-0.1, -0.05) is 31.4 Å². The maximum absolute atomic E-state index is 12.0. The van der Waals surface area contributed by atoms with E-state index in [4.69, 9.17) is 5.73 Å². The van der Waals surface area contributed by atoms with Crippen molar-refractivity contribution in [3.63, 3.8) is 0 Å². The van der Waals surface area contributed by atoms with E-state index in [0.717, 1.165) is 13.0 Å². The SMILES string of the molecule is Nc1ccccc1C(=O)NCCCCCCN1CCCCC1. The molecule has 0 unspecified atom stereocenters. The molecule has 1 amide bonds. The van der Waals surface area contributed by atoms with E-state index in [1.165, 1.54) is 58.2 Å². The van der Waals surface area contributed by atoms with Crippen LogP contribution in [0.5, 0.6) is 0 Å². The van der Waals surface area contributed by atoms with Gasteiger partial charge in [-0.15, -0.1) is 0 Å². The number of rotatable bonds is 8. The Kier molecular flexibility index (Phi) is 7.23. The molecule has 1 saturated heterocycles. The van der Waals surface area contributed by atoms with Gasteiger partial charge in [-0.2, -0.15) is 0 Å². The van der Waals surface area contributed by atoms with E-state index < -0.39 is 0 Å². The van der Waals surface area contributed by atoms with E-state index >= 15 is 0 Å². The monoisotopic (exact) mass is 303 g/mol. The average molecular weight is 303 g/mol. The summed E-state index contributed by atoms with van der Waals surface area (Å²) in [5.41, 5.74) is 6.92. The quantitative estimate of drug-likeness (QED) is 0.573. The Labute approximate surface area is 134 Å². The molecule has 0 atom stereocenters. The third-order valence-electron chi connectivity index (χ3n) is 4.34. The second kappa shape index (κ2) is 9.46. The summed E-state index contributed by atoms with van der Waals surface area (Å²) < 4.78 is 0. The minimum absolute atomic E-state index is 0.0635. The van der Waals surface area contributed by atoms with Crippen LogP contribution in [0.1, 0.15) is 55.3 Å². The van der Waals surface area contributed by atoms with Crippen LogP contribution in [0.25, 0.3) is 0 Å². The minimum Gasteiger partial charge on any atom is -0.398 e. The van der Waals surface area contributed by atoms with Gasteiger partial charge in [0.2, 0.25) is 0 Å². The minimum atomic E-state index is -0.0635. The van der Waals surface area contributed by atoms with Crippen molar-refractivity contribution in [1.82, 2.24) is 10.2 Å². The number of benzene rings is 1. The van der Waals surface area contributed by atoms with Gasteiger partial charge in [-0.05, 0) is 57.5 Å². The van der Waals surface area contributed by atoms with Gasteiger partial charge in [0.15, 0.2) is 0 Å². The van der Waals surface area contributed by atoms with E-state index in [1.807, 2.05) is 12.1 Å². The van der Waals surface area contributed by atoms with Crippen LogP contribution < -0.4 is 11.1 Å². The molecular weight excluding hydrogens is 274 g/mol. The summed E-state index contributed by atoms with van der Waals surface area (Å²) in [6.07, 6.45) is 8.89. The molecule has 3 N–H and O–H groups in total. The van der Waals surface area contributed by atoms with Gasteiger partial charge in [-0.3, -0.25) is 4.79 Å². The zero-order valence-corrected chi connectivity index (χ0v) is 13.5. The van der Waals surface area contributed by atoms with Crippen LogP contribution in [-0.4, -0.2) is 37.0 Å². The van der Waals surface area contributed by atoms with Crippen LogP contribution in [0, 0.1) is 0 Å². The van der Waals surface area contributed by atoms with Gasteiger partial charge in [0.1, 0.15) is 0 Å². The number of para-hydroxylation sites is 1. The zero-order chi connectivity index (χ0) is 15.6. The maximum Gasteiger partial charge on any atom is 0.253 e. The van der Waals surface area contributed by atoms with Gasteiger partial charge >= 0.3 is 0 Å². The first-order valence-electron chi connectivity index (χ1n) is 8.62. The first-order valence-corrected chi connectivity index (χ1v) is 8.62. The Morgan fingerprint density at radius 3 is 2.55 bits per heavy atom. The highest BCUT2D eigenvalue weighted by atomic mass is 16.1. The summed E-state index contributed by atoms with van der Waals surface area (Å²) in [5.74, 6) is -0.0635. The Morgan fingerprint density at radius 2 is 1.77 bits per heavy atom. The van der Waals surface area contributed by atoms with E-state index in [1.54, 1.807) is 12.1 Å². The molecule has 1 aromatic rings. The number of nitrogens with two attached hydrogens (primary N) is 1. The van der Waals surface area contributed by atoms with Gasteiger partial charge in [-0.25, -0.2) is 0 Å². The Morgan fingerprint density at radius 1 is 1.05 bits per heavy atom. The largest absolute Gasteiger partial charge is 0.398 e. The lowest BCUT2D eigenvalue weighted by Gasteiger charge is -2.26. The smallest absolute Gasteiger partial charge is 0.253 e. The van der Waals surface area contributed by atoms with Crippen LogP contribution >= 0.6 is 0 Å². The van der Waals surface area contributed by atoms with Gasteiger partial charge in [0, 0.05) is 12.2 Å². The molecule has 0 aliphatic carbocycles. The number of amides is 1. The van der Waals surface area contributed by atoms with Gasteiger partial charge in [0.05, 0.1) is 5.56 Å². The Bertz CT molecular complexity index is 455. The third kappa shape index (κ3) is 5.68. The molecule has 2 rings (SSSR count). The molecule has 4 nitrogen and oxygen atoms in total. The molecule has 1 aliphatic heterocycles. The summed E-state index contributed by atoms with van der Waals surface area (Å²) in [6, 6.07) is 7.21.